The Hall–Kier alpha value is -0.540. The van der Waals surface area contributed by atoms with Crippen molar-refractivity contribution in [2.45, 2.75) is 65.3 Å². The van der Waals surface area contributed by atoms with Crippen LogP contribution in [0.3, 0.4) is 0 Å². The molecule has 0 saturated heterocycles. The molecule has 20 heavy (non-hydrogen) atoms. The maximum Gasteiger partial charge on any atom is 0.0847 e. The fourth-order valence-electron chi connectivity index (χ4n) is 3.61. The zero-order valence-corrected chi connectivity index (χ0v) is 14.1. The van der Waals surface area contributed by atoms with Crippen molar-refractivity contribution in [3.63, 3.8) is 0 Å². The first-order valence-electron chi connectivity index (χ1n) is 7.89. The molecule has 1 aromatic heterocycles. The van der Waals surface area contributed by atoms with E-state index in [1.165, 1.54) is 37.8 Å². The summed E-state index contributed by atoms with van der Waals surface area (Å²) in [6.07, 6.45) is 7.71. The number of aromatic nitrogens is 2. The van der Waals surface area contributed by atoms with Crippen LogP contribution in [0.25, 0.3) is 0 Å². The van der Waals surface area contributed by atoms with E-state index >= 15 is 0 Å². The zero-order valence-electron chi connectivity index (χ0n) is 13.3. The third-order valence-electron chi connectivity index (χ3n) is 4.95. The second kappa shape index (κ2) is 6.48. The molecule has 1 heterocycles. The molecular weight excluding hydrogens is 270 g/mol. The van der Waals surface area contributed by atoms with Crippen molar-refractivity contribution < 1.29 is 0 Å². The molecule has 1 fully saturated rings. The minimum atomic E-state index is 0.385. The van der Waals surface area contributed by atoms with Crippen molar-refractivity contribution >= 4 is 11.6 Å². The highest BCUT2D eigenvalue weighted by Gasteiger charge is 2.35. The van der Waals surface area contributed by atoms with Crippen molar-refractivity contribution in [1.82, 2.24) is 15.1 Å². The van der Waals surface area contributed by atoms with Crippen LogP contribution in [0.5, 0.6) is 0 Å². The third kappa shape index (κ3) is 3.20. The lowest BCUT2D eigenvalue weighted by molar-refractivity contribution is 0.143. The number of hydrogen-bond donors (Lipinski definition) is 1. The van der Waals surface area contributed by atoms with Crippen LogP contribution in [-0.4, -0.2) is 22.4 Å². The van der Waals surface area contributed by atoms with Gasteiger partial charge in [-0.2, -0.15) is 5.10 Å². The SMILES string of the molecule is CCNC(Cc1c(Cl)c(C)nn1C)C1(C)CCCCC1. The van der Waals surface area contributed by atoms with E-state index in [0.717, 1.165) is 23.7 Å². The lowest BCUT2D eigenvalue weighted by atomic mass is 9.69. The highest BCUT2D eigenvalue weighted by molar-refractivity contribution is 6.31. The molecule has 1 unspecified atom stereocenters. The van der Waals surface area contributed by atoms with Gasteiger partial charge in [-0.25, -0.2) is 0 Å². The maximum atomic E-state index is 6.43. The van der Waals surface area contributed by atoms with E-state index < -0.39 is 0 Å². The second-order valence-corrected chi connectivity index (χ2v) is 6.88. The molecule has 2 rings (SSSR count). The van der Waals surface area contributed by atoms with E-state index in [0.29, 0.717) is 11.5 Å². The predicted molar refractivity (Wildman–Crippen MR) is 85.3 cm³/mol. The Kier molecular flexibility index (Phi) is 5.14. The van der Waals surface area contributed by atoms with E-state index in [4.69, 9.17) is 11.6 Å². The Labute approximate surface area is 128 Å². The van der Waals surface area contributed by atoms with Crippen LogP contribution in [0.4, 0.5) is 0 Å². The van der Waals surface area contributed by atoms with Crippen LogP contribution in [-0.2, 0) is 13.5 Å². The van der Waals surface area contributed by atoms with Gasteiger partial charge in [-0.05, 0) is 31.7 Å². The van der Waals surface area contributed by atoms with Crippen LogP contribution in [0, 0.1) is 12.3 Å². The molecule has 0 radical (unpaired) electrons. The van der Waals surface area contributed by atoms with Gasteiger partial charge in [0, 0.05) is 19.5 Å². The summed E-state index contributed by atoms with van der Waals surface area (Å²) in [5.74, 6) is 0. The summed E-state index contributed by atoms with van der Waals surface area (Å²) >= 11 is 6.43. The van der Waals surface area contributed by atoms with Crippen molar-refractivity contribution in [1.29, 1.82) is 0 Å². The van der Waals surface area contributed by atoms with Crippen molar-refractivity contribution in [3.05, 3.63) is 16.4 Å². The third-order valence-corrected chi connectivity index (χ3v) is 5.44. The normalized spacial score (nSPS) is 20.1. The number of nitrogens with zero attached hydrogens (tertiary/aromatic N) is 2. The second-order valence-electron chi connectivity index (χ2n) is 6.50. The number of aryl methyl sites for hydroxylation is 2. The average Bonchev–Trinajstić information content (AvgIpc) is 2.65. The number of rotatable bonds is 5. The zero-order chi connectivity index (χ0) is 14.8. The lowest BCUT2D eigenvalue weighted by Crippen LogP contribution is -2.46. The van der Waals surface area contributed by atoms with Gasteiger partial charge in [-0.15, -0.1) is 0 Å². The van der Waals surface area contributed by atoms with Crippen LogP contribution >= 0.6 is 11.6 Å². The van der Waals surface area contributed by atoms with E-state index in [1.54, 1.807) is 0 Å². The molecule has 1 saturated carbocycles. The first-order valence-corrected chi connectivity index (χ1v) is 8.27. The number of nitrogens with one attached hydrogen (secondary N) is 1. The highest BCUT2D eigenvalue weighted by atomic mass is 35.5. The maximum absolute atomic E-state index is 6.43. The van der Waals surface area contributed by atoms with Crippen LogP contribution in [0.1, 0.15) is 57.3 Å². The van der Waals surface area contributed by atoms with Gasteiger partial charge >= 0.3 is 0 Å². The summed E-state index contributed by atoms with van der Waals surface area (Å²) in [4.78, 5) is 0. The molecule has 0 aromatic carbocycles. The van der Waals surface area contributed by atoms with Crippen LogP contribution in [0.2, 0.25) is 5.02 Å². The predicted octanol–water partition coefficient (Wildman–Crippen LogP) is 3.87. The molecule has 114 valence electrons. The molecule has 1 aliphatic carbocycles. The molecule has 0 aliphatic heterocycles. The first-order chi connectivity index (χ1) is 9.48. The van der Waals surface area contributed by atoms with Gasteiger partial charge in [-0.3, -0.25) is 4.68 Å². The number of likely N-dealkylation sites (N-methyl/N-ethyl adjacent to an activating group) is 1. The minimum Gasteiger partial charge on any atom is -0.313 e. The van der Waals surface area contributed by atoms with Gasteiger partial charge in [0.2, 0.25) is 0 Å². The molecule has 1 N–H and O–H groups in total. The van der Waals surface area contributed by atoms with Gasteiger partial charge in [0.05, 0.1) is 16.4 Å². The molecular formula is C16H28ClN3. The van der Waals surface area contributed by atoms with E-state index in [-0.39, 0.29) is 0 Å². The quantitative estimate of drug-likeness (QED) is 0.894. The Bertz CT molecular complexity index is 447. The Morgan fingerprint density at radius 3 is 2.50 bits per heavy atom. The molecule has 1 aliphatic rings. The standard InChI is InChI=1S/C16H28ClN3/c1-5-18-14(16(3)9-7-6-8-10-16)11-13-15(17)12(2)19-20(13)4/h14,18H,5-11H2,1-4H3. The van der Waals surface area contributed by atoms with E-state index in [2.05, 4.69) is 24.3 Å². The molecule has 1 atom stereocenters. The van der Waals surface area contributed by atoms with E-state index in [1.807, 2.05) is 18.7 Å². The molecule has 0 amide bonds. The topological polar surface area (TPSA) is 29.9 Å². The minimum absolute atomic E-state index is 0.385. The van der Waals surface area contributed by atoms with Crippen LogP contribution < -0.4 is 5.32 Å². The highest BCUT2D eigenvalue weighted by Crippen LogP contribution is 2.40. The van der Waals surface area contributed by atoms with Crippen molar-refractivity contribution in [2.75, 3.05) is 6.54 Å². The monoisotopic (exact) mass is 297 g/mol. The Balaban J connectivity index is 2.20. The summed E-state index contributed by atoms with van der Waals surface area (Å²) in [5.41, 5.74) is 2.49. The smallest absolute Gasteiger partial charge is 0.0847 e. The Morgan fingerprint density at radius 2 is 2.00 bits per heavy atom. The van der Waals surface area contributed by atoms with Gasteiger partial charge in [0.15, 0.2) is 0 Å². The largest absolute Gasteiger partial charge is 0.313 e. The summed E-state index contributed by atoms with van der Waals surface area (Å²) < 4.78 is 1.95. The molecule has 1 aromatic rings. The summed E-state index contributed by atoms with van der Waals surface area (Å²) in [5, 5.41) is 9.00. The van der Waals surface area contributed by atoms with Crippen molar-refractivity contribution in [2.24, 2.45) is 12.5 Å². The van der Waals surface area contributed by atoms with Gasteiger partial charge < -0.3 is 5.32 Å². The number of hydrogen-bond acceptors (Lipinski definition) is 2. The molecule has 0 spiro atoms. The van der Waals surface area contributed by atoms with Crippen molar-refractivity contribution in [3.8, 4) is 0 Å². The number of halogens is 1. The van der Waals surface area contributed by atoms with E-state index in [9.17, 15) is 0 Å². The van der Waals surface area contributed by atoms with Crippen LogP contribution in [0.15, 0.2) is 0 Å². The fourth-order valence-corrected chi connectivity index (χ4v) is 3.85. The van der Waals surface area contributed by atoms with Gasteiger partial charge in [-0.1, -0.05) is 44.7 Å². The van der Waals surface area contributed by atoms with Gasteiger partial charge in [0.1, 0.15) is 0 Å². The molecule has 3 nitrogen and oxygen atoms in total. The molecule has 4 heteroatoms. The summed E-state index contributed by atoms with van der Waals surface area (Å²) in [6.45, 7) is 7.62. The lowest BCUT2D eigenvalue weighted by Gasteiger charge is -2.41. The first kappa shape index (κ1) is 15.8. The Morgan fingerprint density at radius 1 is 1.35 bits per heavy atom. The average molecular weight is 298 g/mol. The fraction of sp³-hybridized carbons (Fsp3) is 0.812. The summed E-state index contributed by atoms with van der Waals surface area (Å²) in [7, 11) is 2.00. The molecule has 0 bridgehead atoms. The van der Waals surface area contributed by atoms with Gasteiger partial charge in [0.25, 0.3) is 0 Å². The summed E-state index contributed by atoms with van der Waals surface area (Å²) in [6, 6.07) is 0.486.